The van der Waals surface area contributed by atoms with Gasteiger partial charge in [0.2, 0.25) is 11.8 Å². The number of ether oxygens (including phenoxy) is 1. The third-order valence-corrected chi connectivity index (χ3v) is 3.51. The molecule has 5 nitrogen and oxygen atoms in total. The molecule has 0 spiro atoms. The Kier molecular flexibility index (Phi) is 4.37. The molecule has 1 aliphatic rings. The molecule has 2 aromatic rings. The summed E-state index contributed by atoms with van der Waals surface area (Å²) in [5.74, 6) is 1.59. The van der Waals surface area contributed by atoms with E-state index in [4.69, 9.17) is 4.74 Å². The molecule has 1 fully saturated rings. The summed E-state index contributed by atoms with van der Waals surface area (Å²) in [5.41, 5.74) is 0.738. The van der Waals surface area contributed by atoms with Crippen LogP contribution in [0.15, 0.2) is 30.3 Å². The lowest BCUT2D eigenvalue weighted by atomic mass is 10.3. The van der Waals surface area contributed by atoms with Gasteiger partial charge in [-0.2, -0.15) is 9.97 Å². The molecule has 3 rings (SSSR count). The first-order valence-corrected chi connectivity index (χ1v) is 7.54. The number of hydrogen-bond acceptors (Lipinski definition) is 5. The molecule has 2 heterocycles. The van der Waals surface area contributed by atoms with Gasteiger partial charge in [0.25, 0.3) is 0 Å². The maximum Gasteiger partial charge on any atom is 0.232 e. The fourth-order valence-electron chi connectivity index (χ4n) is 2.46. The van der Waals surface area contributed by atoms with Gasteiger partial charge >= 0.3 is 0 Å². The molecule has 0 amide bonds. The molecule has 0 saturated carbocycles. The first kappa shape index (κ1) is 14.6. The van der Waals surface area contributed by atoms with Gasteiger partial charge in [-0.3, -0.25) is 0 Å². The Bertz CT molecular complexity index is 627. The molecule has 1 saturated heterocycles. The first-order chi connectivity index (χ1) is 10.7. The summed E-state index contributed by atoms with van der Waals surface area (Å²) < 4.78 is 18.5. The summed E-state index contributed by atoms with van der Waals surface area (Å²) in [6.45, 7) is 4.47. The quantitative estimate of drug-likeness (QED) is 0.918. The Morgan fingerprint density at radius 3 is 2.59 bits per heavy atom. The molecule has 6 heteroatoms. The minimum Gasteiger partial charge on any atom is -0.478 e. The van der Waals surface area contributed by atoms with Gasteiger partial charge in [-0.15, -0.1) is 0 Å². The van der Waals surface area contributed by atoms with Crippen molar-refractivity contribution < 1.29 is 9.13 Å². The second-order valence-electron chi connectivity index (χ2n) is 5.15. The molecule has 0 aliphatic carbocycles. The van der Waals surface area contributed by atoms with Crippen molar-refractivity contribution in [1.82, 2.24) is 9.97 Å². The molecule has 0 unspecified atom stereocenters. The van der Waals surface area contributed by atoms with Gasteiger partial charge in [-0.05, 0) is 44.0 Å². The topological polar surface area (TPSA) is 50.3 Å². The largest absolute Gasteiger partial charge is 0.478 e. The van der Waals surface area contributed by atoms with E-state index >= 15 is 0 Å². The number of hydrogen-bond donors (Lipinski definition) is 1. The van der Waals surface area contributed by atoms with Crippen LogP contribution in [0.3, 0.4) is 0 Å². The summed E-state index contributed by atoms with van der Waals surface area (Å²) in [6.07, 6.45) is 2.35. The first-order valence-electron chi connectivity index (χ1n) is 7.54. The Hall–Kier alpha value is -2.37. The fourth-order valence-corrected chi connectivity index (χ4v) is 2.46. The predicted octanol–water partition coefficient (Wildman–Crippen LogP) is 3.36. The van der Waals surface area contributed by atoms with Crippen LogP contribution in [0.1, 0.15) is 19.8 Å². The van der Waals surface area contributed by atoms with Crippen LogP contribution in [0.5, 0.6) is 5.88 Å². The molecule has 0 bridgehead atoms. The summed E-state index contributed by atoms with van der Waals surface area (Å²) in [6, 6.07) is 7.97. The van der Waals surface area contributed by atoms with Crippen molar-refractivity contribution in [3.63, 3.8) is 0 Å². The molecule has 22 heavy (non-hydrogen) atoms. The van der Waals surface area contributed by atoms with Gasteiger partial charge in [0, 0.05) is 24.8 Å². The number of halogens is 1. The maximum absolute atomic E-state index is 13.0. The normalized spacial score (nSPS) is 14.2. The van der Waals surface area contributed by atoms with Gasteiger partial charge in [0.05, 0.1) is 6.61 Å². The van der Waals surface area contributed by atoms with E-state index in [2.05, 4.69) is 20.2 Å². The molecule has 1 aliphatic heterocycles. The lowest BCUT2D eigenvalue weighted by Gasteiger charge is -2.18. The highest BCUT2D eigenvalue weighted by Crippen LogP contribution is 2.24. The SMILES string of the molecule is CCOc1cc(N2CCCC2)nc(Nc2ccc(F)cc2)n1. The van der Waals surface area contributed by atoms with E-state index in [-0.39, 0.29) is 5.82 Å². The summed E-state index contributed by atoms with van der Waals surface area (Å²) in [4.78, 5) is 11.1. The van der Waals surface area contributed by atoms with Crippen molar-refractivity contribution >= 4 is 17.5 Å². The van der Waals surface area contributed by atoms with Gasteiger partial charge in [-0.1, -0.05) is 0 Å². The third-order valence-electron chi connectivity index (χ3n) is 3.51. The van der Waals surface area contributed by atoms with E-state index in [1.165, 1.54) is 25.0 Å². The van der Waals surface area contributed by atoms with E-state index < -0.39 is 0 Å². The Morgan fingerprint density at radius 1 is 1.18 bits per heavy atom. The Labute approximate surface area is 129 Å². The fraction of sp³-hybridized carbons (Fsp3) is 0.375. The molecular formula is C16H19FN4O. The minimum absolute atomic E-state index is 0.271. The lowest BCUT2D eigenvalue weighted by Crippen LogP contribution is -2.19. The van der Waals surface area contributed by atoms with Crippen LogP contribution >= 0.6 is 0 Å². The van der Waals surface area contributed by atoms with Crippen molar-refractivity contribution in [2.45, 2.75) is 19.8 Å². The lowest BCUT2D eigenvalue weighted by molar-refractivity contribution is 0.327. The van der Waals surface area contributed by atoms with Gasteiger partial charge < -0.3 is 15.0 Å². The monoisotopic (exact) mass is 302 g/mol. The zero-order chi connectivity index (χ0) is 15.4. The predicted molar refractivity (Wildman–Crippen MR) is 84.3 cm³/mol. The van der Waals surface area contributed by atoms with Crippen molar-refractivity contribution in [3.05, 3.63) is 36.1 Å². The van der Waals surface area contributed by atoms with E-state index in [1.54, 1.807) is 12.1 Å². The summed E-state index contributed by atoms with van der Waals surface area (Å²) >= 11 is 0. The van der Waals surface area contributed by atoms with E-state index in [1.807, 2.05) is 13.0 Å². The Morgan fingerprint density at radius 2 is 1.91 bits per heavy atom. The summed E-state index contributed by atoms with van der Waals surface area (Å²) in [5, 5.41) is 3.10. The van der Waals surface area contributed by atoms with E-state index in [9.17, 15) is 4.39 Å². The van der Waals surface area contributed by atoms with Gasteiger partial charge in [0.1, 0.15) is 11.6 Å². The van der Waals surface area contributed by atoms with E-state index in [0.29, 0.717) is 18.4 Å². The van der Waals surface area contributed by atoms with Crippen molar-refractivity contribution in [1.29, 1.82) is 0 Å². The average Bonchev–Trinajstić information content (AvgIpc) is 3.04. The van der Waals surface area contributed by atoms with Crippen molar-refractivity contribution in [2.75, 3.05) is 29.9 Å². The molecule has 0 atom stereocenters. The highest BCUT2D eigenvalue weighted by molar-refractivity contribution is 5.56. The van der Waals surface area contributed by atoms with Crippen LogP contribution in [0, 0.1) is 5.82 Å². The molecule has 1 aromatic heterocycles. The zero-order valence-electron chi connectivity index (χ0n) is 12.6. The molecule has 0 radical (unpaired) electrons. The molecular weight excluding hydrogens is 283 g/mol. The number of anilines is 3. The summed E-state index contributed by atoms with van der Waals surface area (Å²) in [7, 11) is 0. The Balaban J connectivity index is 1.86. The number of aromatic nitrogens is 2. The van der Waals surface area contributed by atoms with Gasteiger partial charge in [0.15, 0.2) is 0 Å². The highest BCUT2D eigenvalue weighted by Gasteiger charge is 2.16. The van der Waals surface area contributed by atoms with Crippen LogP contribution in [0.4, 0.5) is 21.8 Å². The highest BCUT2D eigenvalue weighted by atomic mass is 19.1. The van der Waals surface area contributed by atoms with Crippen LogP contribution < -0.4 is 15.0 Å². The second kappa shape index (κ2) is 6.60. The number of nitrogens with zero attached hydrogens (tertiary/aromatic N) is 3. The standard InChI is InChI=1S/C16H19FN4O/c1-2-22-15-11-14(21-9-3-4-10-21)19-16(20-15)18-13-7-5-12(17)6-8-13/h5-8,11H,2-4,9-10H2,1H3,(H,18,19,20). The van der Waals surface area contributed by atoms with Crippen molar-refractivity contribution in [2.24, 2.45) is 0 Å². The molecule has 116 valence electrons. The van der Waals surface area contributed by atoms with Crippen molar-refractivity contribution in [3.8, 4) is 5.88 Å². The zero-order valence-corrected chi connectivity index (χ0v) is 12.6. The number of nitrogens with one attached hydrogen (secondary N) is 1. The van der Waals surface area contributed by atoms with Crippen LogP contribution in [0.2, 0.25) is 0 Å². The second-order valence-corrected chi connectivity index (χ2v) is 5.15. The van der Waals surface area contributed by atoms with E-state index in [0.717, 1.165) is 24.6 Å². The van der Waals surface area contributed by atoms with Crippen LogP contribution in [0.25, 0.3) is 0 Å². The molecule has 1 N–H and O–H groups in total. The van der Waals surface area contributed by atoms with Gasteiger partial charge in [-0.25, -0.2) is 4.39 Å². The smallest absolute Gasteiger partial charge is 0.232 e. The minimum atomic E-state index is -0.271. The number of benzene rings is 1. The average molecular weight is 302 g/mol. The van der Waals surface area contributed by atoms with Crippen LogP contribution in [-0.4, -0.2) is 29.7 Å². The van der Waals surface area contributed by atoms with Crippen LogP contribution in [-0.2, 0) is 0 Å². The number of rotatable bonds is 5. The third kappa shape index (κ3) is 3.44. The maximum atomic E-state index is 13.0. The molecule has 1 aromatic carbocycles.